The van der Waals surface area contributed by atoms with E-state index in [4.69, 9.17) is 4.74 Å². The van der Waals surface area contributed by atoms with Crippen LogP contribution in [-0.2, 0) is 19.7 Å². The molecule has 3 atom stereocenters. The average Bonchev–Trinajstić information content (AvgIpc) is 2.96. The number of para-hydroxylation sites is 1. The molecule has 140 valence electrons. The van der Waals surface area contributed by atoms with E-state index < -0.39 is 16.9 Å². The second-order valence-corrected chi connectivity index (χ2v) is 8.58. The number of likely N-dealkylation sites (tertiary alicyclic amines) is 1. The first-order valence-corrected chi connectivity index (χ1v) is 9.06. The van der Waals surface area contributed by atoms with E-state index in [1.54, 1.807) is 0 Å². The number of ether oxygens (including phenoxy) is 1. The molecule has 26 heavy (non-hydrogen) atoms. The summed E-state index contributed by atoms with van der Waals surface area (Å²) < 4.78 is 5.71. The normalized spacial score (nSPS) is 28.0. The number of amides is 1. The van der Waals surface area contributed by atoms with Gasteiger partial charge in [0.05, 0.1) is 5.92 Å². The van der Waals surface area contributed by atoms with Gasteiger partial charge in [-0.15, -0.1) is 0 Å². The number of fused-ring (bicyclic) bond motifs is 2. The molecule has 0 aromatic heterocycles. The van der Waals surface area contributed by atoms with Crippen molar-refractivity contribution >= 4 is 17.6 Å². The fourth-order valence-corrected chi connectivity index (χ4v) is 4.25. The molecule has 1 saturated heterocycles. The summed E-state index contributed by atoms with van der Waals surface area (Å²) in [6.45, 7) is 10.1. The third-order valence-electron chi connectivity index (χ3n) is 5.14. The highest BCUT2D eigenvalue weighted by Gasteiger charge is 2.64. The minimum absolute atomic E-state index is 0.124. The number of nitrogens with zero attached hydrogens (tertiary/aromatic N) is 1. The Bertz CT molecular complexity index is 774. The van der Waals surface area contributed by atoms with Gasteiger partial charge in [0, 0.05) is 18.3 Å². The Morgan fingerprint density at radius 2 is 1.96 bits per heavy atom. The van der Waals surface area contributed by atoms with Gasteiger partial charge in [0.25, 0.3) is 0 Å². The lowest BCUT2D eigenvalue weighted by Gasteiger charge is -2.34. The van der Waals surface area contributed by atoms with Gasteiger partial charge < -0.3 is 10.1 Å². The van der Waals surface area contributed by atoms with Crippen LogP contribution < -0.4 is 5.32 Å². The second kappa shape index (κ2) is 6.23. The molecule has 0 bridgehead atoms. The topological polar surface area (TPSA) is 58.6 Å². The molecule has 1 fully saturated rings. The molecule has 2 aliphatic heterocycles. The summed E-state index contributed by atoms with van der Waals surface area (Å²) in [5.74, 6) is -1.00. The lowest BCUT2D eigenvalue weighted by molar-refractivity contribution is -0.162. The predicted octanol–water partition coefficient (Wildman–Crippen LogP) is 3.11. The van der Waals surface area contributed by atoms with Gasteiger partial charge in [0.1, 0.15) is 11.0 Å². The first-order chi connectivity index (χ1) is 12.1. The lowest BCUT2D eigenvalue weighted by atomic mass is 9.68. The molecular formula is C21H28N2O3. The monoisotopic (exact) mass is 356 g/mol. The third-order valence-corrected chi connectivity index (χ3v) is 5.14. The maximum absolute atomic E-state index is 13.3. The van der Waals surface area contributed by atoms with Crippen LogP contribution in [0.25, 0.3) is 0 Å². The summed E-state index contributed by atoms with van der Waals surface area (Å²) in [4.78, 5) is 28.5. The van der Waals surface area contributed by atoms with Crippen molar-refractivity contribution in [1.29, 1.82) is 0 Å². The van der Waals surface area contributed by atoms with E-state index in [0.717, 1.165) is 16.8 Å². The van der Waals surface area contributed by atoms with Crippen LogP contribution in [-0.4, -0.2) is 42.0 Å². The molecule has 1 N–H and O–H groups in total. The standard InChI is InChI=1S/C21H28N2O3/c1-13(2)11-17-21(14-9-7-8-10-16(14)22-19(21)25)15(12-23(17)6)18(24)26-20(3,4)5/h7-11,15,17H,12H2,1-6H3,(H,22,25). The Morgan fingerprint density at radius 3 is 2.58 bits per heavy atom. The summed E-state index contributed by atoms with van der Waals surface area (Å²) in [6.07, 6.45) is 2.09. The van der Waals surface area contributed by atoms with Crippen LogP contribution in [0.3, 0.4) is 0 Å². The number of benzene rings is 1. The van der Waals surface area contributed by atoms with Gasteiger partial charge in [-0.05, 0) is 53.3 Å². The van der Waals surface area contributed by atoms with E-state index in [1.807, 2.05) is 65.9 Å². The second-order valence-electron chi connectivity index (χ2n) is 8.58. The average molecular weight is 356 g/mol. The molecule has 0 aliphatic carbocycles. The number of likely N-dealkylation sites (N-methyl/N-ethyl adjacent to an activating group) is 1. The smallest absolute Gasteiger partial charge is 0.312 e. The van der Waals surface area contributed by atoms with Gasteiger partial charge in [0.2, 0.25) is 5.91 Å². The molecule has 3 unspecified atom stereocenters. The number of esters is 1. The Morgan fingerprint density at radius 1 is 1.31 bits per heavy atom. The highest BCUT2D eigenvalue weighted by molar-refractivity contribution is 6.10. The van der Waals surface area contributed by atoms with Crippen molar-refractivity contribution in [2.75, 3.05) is 18.9 Å². The number of carbonyl (C=O) groups is 2. The van der Waals surface area contributed by atoms with Gasteiger partial charge >= 0.3 is 5.97 Å². The molecule has 1 aromatic carbocycles. The van der Waals surface area contributed by atoms with Crippen molar-refractivity contribution in [1.82, 2.24) is 4.90 Å². The van der Waals surface area contributed by atoms with Crippen molar-refractivity contribution in [3.8, 4) is 0 Å². The fourth-order valence-electron chi connectivity index (χ4n) is 4.25. The van der Waals surface area contributed by atoms with Gasteiger partial charge in [-0.1, -0.05) is 29.8 Å². The van der Waals surface area contributed by atoms with E-state index in [0.29, 0.717) is 6.54 Å². The largest absolute Gasteiger partial charge is 0.460 e. The van der Waals surface area contributed by atoms with Crippen molar-refractivity contribution in [2.24, 2.45) is 5.92 Å². The Labute approximate surface area is 155 Å². The van der Waals surface area contributed by atoms with Crippen LogP contribution in [0, 0.1) is 5.92 Å². The van der Waals surface area contributed by atoms with Crippen LogP contribution in [0.15, 0.2) is 35.9 Å². The SMILES string of the molecule is CC(C)=CC1N(C)CC(C(=O)OC(C)(C)C)C12C(=O)Nc1ccccc12. The molecule has 1 amide bonds. The molecule has 1 aromatic rings. The first-order valence-electron chi connectivity index (χ1n) is 9.06. The molecule has 3 rings (SSSR count). The Balaban J connectivity index is 2.19. The van der Waals surface area contributed by atoms with E-state index in [-0.39, 0.29) is 17.9 Å². The van der Waals surface area contributed by atoms with E-state index >= 15 is 0 Å². The fraction of sp³-hybridized carbons (Fsp3) is 0.524. The molecule has 1 spiro atoms. The number of carbonyl (C=O) groups excluding carboxylic acids is 2. The minimum atomic E-state index is -0.967. The van der Waals surface area contributed by atoms with Crippen LogP contribution in [0.1, 0.15) is 40.2 Å². The zero-order valence-corrected chi connectivity index (χ0v) is 16.4. The third kappa shape index (κ3) is 2.84. The lowest BCUT2D eigenvalue weighted by Crippen LogP contribution is -2.51. The molecule has 0 saturated carbocycles. The molecule has 5 heteroatoms. The predicted molar refractivity (Wildman–Crippen MR) is 102 cm³/mol. The molecule has 2 heterocycles. The zero-order chi connectivity index (χ0) is 19.3. The van der Waals surface area contributed by atoms with E-state index in [2.05, 4.69) is 16.3 Å². The summed E-state index contributed by atoms with van der Waals surface area (Å²) in [5.41, 5.74) is 1.22. The quantitative estimate of drug-likeness (QED) is 0.653. The van der Waals surface area contributed by atoms with Crippen LogP contribution in [0.2, 0.25) is 0 Å². The van der Waals surface area contributed by atoms with E-state index in [1.165, 1.54) is 0 Å². The van der Waals surface area contributed by atoms with Crippen LogP contribution >= 0.6 is 0 Å². The van der Waals surface area contributed by atoms with Gasteiger partial charge in [-0.2, -0.15) is 0 Å². The summed E-state index contributed by atoms with van der Waals surface area (Å²) in [6, 6.07) is 7.47. The van der Waals surface area contributed by atoms with Gasteiger partial charge in [-0.25, -0.2) is 0 Å². The van der Waals surface area contributed by atoms with Crippen molar-refractivity contribution < 1.29 is 14.3 Å². The highest BCUT2D eigenvalue weighted by Crippen LogP contribution is 2.52. The number of anilines is 1. The van der Waals surface area contributed by atoms with Gasteiger partial charge in [-0.3, -0.25) is 14.5 Å². The van der Waals surface area contributed by atoms with Crippen LogP contribution in [0.5, 0.6) is 0 Å². The summed E-state index contributed by atoms with van der Waals surface area (Å²) in [7, 11) is 1.96. The Hall–Kier alpha value is -2.14. The maximum atomic E-state index is 13.3. The molecular weight excluding hydrogens is 328 g/mol. The van der Waals surface area contributed by atoms with Crippen molar-refractivity contribution in [2.45, 2.75) is 51.7 Å². The Kier molecular flexibility index (Phi) is 4.47. The van der Waals surface area contributed by atoms with Crippen molar-refractivity contribution in [3.05, 3.63) is 41.5 Å². The highest BCUT2D eigenvalue weighted by atomic mass is 16.6. The molecule has 0 radical (unpaired) electrons. The number of allylic oxidation sites excluding steroid dienone is 1. The first kappa shape index (κ1) is 18.6. The number of rotatable bonds is 2. The number of nitrogens with one attached hydrogen (secondary N) is 1. The summed E-state index contributed by atoms with van der Waals surface area (Å²) >= 11 is 0. The summed E-state index contributed by atoms with van der Waals surface area (Å²) in [5, 5.41) is 3.00. The molecule has 5 nitrogen and oxygen atoms in total. The van der Waals surface area contributed by atoms with Crippen LogP contribution in [0.4, 0.5) is 5.69 Å². The van der Waals surface area contributed by atoms with Gasteiger partial charge in [0.15, 0.2) is 0 Å². The molecule has 2 aliphatic rings. The number of hydrogen-bond acceptors (Lipinski definition) is 4. The van der Waals surface area contributed by atoms with E-state index in [9.17, 15) is 9.59 Å². The zero-order valence-electron chi connectivity index (χ0n) is 16.4. The number of hydrogen-bond donors (Lipinski definition) is 1. The maximum Gasteiger partial charge on any atom is 0.312 e. The minimum Gasteiger partial charge on any atom is -0.460 e. The van der Waals surface area contributed by atoms with Crippen molar-refractivity contribution in [3.63, 3.8) is 0 Å².